The summed E-state index contributed by atoms with van der Waals surface area (Å²) in [6.07, 6.45) is 5.46. The Morgan fingerprint density at radius 2 is 1.65 bits per heavy atom. The van der Waals surface area contributed by atoms with Gasteiger partial charge < -0.3 is 25.6 Å². The summed E-state index contributed by atoms with van der Waals surface area (Å²) in [5.41, 5.74) is 0.885. The summed E-state index contributed by atoms with van der Waals surface area (Å²) in [5, 5.41) is 30.2. The maximum atomic E-state index is 14.0. The van der Waals surface area contributed by atoms with Crippen molar-refractivity contribution in [2.75, 3.05) is 44.4 Å². The van der Waals surface area contributed by atoms with Crippen molar-refractivity contribution in [3.8, 4) is 0 Å². The minimum Gasteiger partial charge on any atom is -0.390 e. The highest BCUT2D eigenvalue weighted by atomic mass is 32.2. The quantitative estimate of drug-likeness (QED) is 0.186. The molecule has 268 valence electrons. The lowest BCUT2D eigenvalue weighted by molar-refractivity contribution is -0.131. The number of aliphatic hydroxyl groups is 2. The van der Waals surface area contributed by atoms with Crippen LogP contribution in [0.25, 0.3) is 10.8 Å². The highest BCUT2D eigenvalue weighted by molar-refractivity contribution is 7.91. The number of hydrogen-bond donors (Lipinski definition) is 4. The molecule has 2 fully saturated rings. The largest absolute Gasteiger partial charge is 0.390 e. The molecule has 2 aliphatic rings. The maximum Gasteiger partial charge on any atom is 0.242 e. The van der Waals surface area contributed by atoms with Crippen LogP contribution >= 0.6 is 0 Å². The molecule has 1 aliphatic heterocycles. The number of hydrogen-bond acceptors (Lipinski definition) is 8. The van der Waals surface area contributed by atoms with Crippen molar-refractivity contribution in [3.05, 3.63) is 48.0 Å². The van der Waals surface area contributed by atoms with Gasteiger partial charge in [0.1, 0.15) is 6.04 Å². The van der Waals surface area contributed by atoms with E-state index >= 15 is 0 Å². The monoisotopic (exact) mass is 687 g/mol. The van der Waals surface area contributed by atoms with Crippen LogP contribution in [0.1, 0.15) is 77.2 Å². The van der Waals surface area contributed by atoms with Gasteiger partial charge in [0.25, 0.3) is 0 Å². The zero-order chi connectivity index (χ0) is 34.5. The summed E-state index contributed by atoms with van der Waals surface area (Å²) in [6, 6.07) is 12.5. The predicted octanol–water partition coefficient (Wildman–Crippen LogP) is 3.62. The maximum absolute atomic E-state index is 14.0. The third-order valence-corrected chi connectivity index (χ3v) is 11.9. The molecular weight excluding hydrogens is 630 g/mol. The number of benzene rings is 2. The molecule has 4 rings (SSSR count). The van der Waals surface area contributed by atoms with Gasteiger partial charge in [0.2, 0.25) is 11.8 Å². The van der Waals surface area contributed by atoms with Gasteiger partial charge in [-0.1, -0.05) is 88.4 Å². The molecule has 1 saturated carbocycles. The molecule has 0 spiro atoms. The van der Waals surface area contributed by atoms with E-state index in [0.29, 0.717) is 45.7 Å². The van der Waals surface area contributed by atoms with Gasteiger partial charge in [0, 0.05) is 31.4 Å². The van der Waals surface area contributed by atoms with Crippen LogP contribution in [-0.4, -0.2) is 104 Å². The Kier molecular flexibility index (Phi) is 15.1. The van der Waals surface area contributed by atoms with Crippen LogP contribution in [0.3, 0.4) is 0 Å². The first-order valence-corrected chi connectivity index (χ1v) is 19.9. The van der Waals surface area contributed by atoms with Gasteiger partial charge in [-0.25, -0.2) is 8.42 Å². The van der Waals surface area contributed by atoms with Crippen molar-refractivity contribution < 1.29 is 33.0 Å². The summed E-state index contributed by atoms with van der Waals surface area (Å²) in [6.45, 7) is 6.54. The Balaban J connectivity index is 1.50. The van der Waals surface area contributed by atoms with E-state index in [4.69, 9.17) is 4.74 Å². The molecule has 1 aliphatic carbocycles. The fourth-order valence-corrected chi connectivity index (χ4v) is 8.25. The number of sulfone groups is 1. The topological polar surface area (TPSA) is 145 Å². The number of aliphatic hydroxyl groups excluding tert-OH is 2. The number of rotatable bonds is 18. The minimum atomic E-state index is -3.50. The van der Waals surface area contributed by atoms with Crippen LogP contribution in [-0.2, 0) is 30.6 Å². The van der Waals surface area contributed by atoms with E-state index in [2.05, 4.69) is 15.5 Å². The van der Waals surface area contributed by atoms with Crippen molar-refractivity contribution in [2.45, 2.75) is 102 Å². The second kappa shape index (κ2) is 19.0. The fourth-order valence-electron chi connectivity index (χ4n) is 7.13. The zero-order valence-electron chi connectivity index (χ0n) is 28.8. The number of morpholine rings is 1. The molecule has 0 aromatic heterocycles. The third kappa shape index (κ3) is 11.5. The molecule has 5 atom stereocenters. The summed E-state index contributed by atoms with van der Waals surface area (Å²) in [4.78, 5) is 30.0. The number of amides is 2. The van der Waals surface area contributed by atoms with E-state index in [0.717, 1.165) is 54.9 Å². The summed E-state index contributed by atoms with van der Waals surface area (Å²) in [5.74, 6) is -1.88. The number of carbonyl (C=O) groups excluding carboxylic acids is 2. The molecule has 48 heavy (non-hydrogen) atoms. The number of nitrogens with one attached hydrogen (secondary N) is 2. The Morgan fingerprint density at radius 1 is 0.938 bits per heavy atom. The highest BCUT2D eigenvalue weighted by Gasteiger charge is 2.34. The van der Waals surface area contributed by atoms with Crippen molar-refractivity contribution >= 4 is 32.4 Å². The Morgan fingerprint density at radius 3 is 2.35 bits per heavy atom. The van der Waals surface area contributed by atoms with Crippen molar-refractivity contribution in [1.29, 1.82) is 0 Å². The van der Waals surface area contributed by atoms with Gasteiger partial charge in [-0.2, -0.15) is 0 Å². The van der Waals surface area contributed by atoms with E-state index in [1.165, 1.54) is 0 Å². The number of β-amino-alcohol motifs (C(OH)–C–C–N with tert-alkyl or cyclic N) is 1. The lowest BCUT2D eigenvalue weighted by Crippen LogP contribution is -2.54. The molecule has 2 aromatic carbocycles. The molecule has 1 saturated heterocycles. The van der Waals surface area contributed by atoms with E-state index in [1.54, 1.807) is 6.92 Å². The van der Waals surface area contributed by atoms with Crippen LogP contribution in [0.5, 0.6) is 0 Å². The lowest BCUT2D eigenvalue weighted by Gasteiger charge is -2.35. The van der Waals surface area contributed by atoms with E-state index in [-0.39, 0.29) is 42.2 Å². The highest BCUT2D eigenvalue weighted by Crippen LogP contribution is 2.29. The molecule has 0 bridgehead atoms. The first-order valence-electron chi connectivity index (χ1n) is 18.0. The lowest BCUT2D eigenvalue weighted by atomic mass is 9.81. The summed E-state index contributed by atoms with van der Waals surface area (Å²) in [7, 11) is -3.50. The molecule has 2 aromatic rings. The molecule has 11 heteroatoms. The molecule has 0 radical (unpaired) electrons. The van der Waals surface area contributed by atoms with Gasteiger partial charge in [-0.15, -0.1) is 0 Å². The molecule has 1 heterocycles. The second-order valence-electron chi connectivity index (χ2n) is 13.7. The summed E-state index contributed by atoms with van der Waals surface area (Å²) >= 11 is 0. The number of carbonyl (C=O) groups is 2. The van der Waals surface area contributed by atoms with E-state index in [1.807, 2.05) is 49.4 Å². The van der Waals surface area contributed by atoms with Gasteiger partial charge >= 0.3 is 0 Å². The van der Waals surface area contributed by atoms with Gasteiger partial charge in [-0.05, 0) is 54.4 Å². The number of fused-ring (bicyclic) bond motifs is 1. The first-order chi connectivity index (χ1) is 23.1. The SMILES string of the molecule is CCCC[C@H](NC(=O)C(Cc1cccc2ccccc12)CS(=O)(=O)CC)C(=O)NC(CC(O)C(O)CN1CCOCC1)C1CCCCC1. The average Bonchev–Trinajstić information content (AvgIpc) is 3.10. The fraction of sp³-hybridized carbons (Fsp3) is 0.676. The zero-order valence-corrected chi connectivity index (χ0v) is 29.6. The average molecular weight is 688 g/mol. The smallest absolute Gasteiger partial charge is 0.242 e. The van der Waals surface area contributed by atoms with Crippen molar-refractivity contribution in [1.82, 2.24) is 15.5 Å². The van der Waals surface area contributed by atoms with Crippen LogP contribution in [0.4, 0.5) is 0 Å². The van der Waals surface area contributed by atoms with Gasteiger partial charge in [-0.3, -0.25) is 14.5 Å². The molecule has 2 amide bonds. The minimum absolute atomic E-state index is 0.0746. The Bertz CT molecular complexity index is 1400. The van der Waals surface area contributed by atoms with Gasteiger partial charge in [0.15, 0.2) is 9.84 Å². The molecule has 4 unspecified atom stereocenters. The molecule has 10 nitrogen and oxygen atoms in total. The predicted molar refractivity (Wildman–Crippen MR) is 189 cm³/mol. The second-order valence-corrected chi connectivity index (χ2v) is 16.1. The normalized spacial score (nSPS) is 19.7. The molecule has 4 N–H and O–H groups in total. The van der Waals surface area contributed by atoms with Crippen molar-refractivity contribution in [3.63, 3.8) is 0 Å². The summed E-state index contributed by atoms with van der Waals surface area (Å²) < 4.78 is 31.1. The van der Waals surface area contributed by atoms with E-state index < -0.39 is 39.9 Å². The Hall–Kier alpha value is -2.57. The van der Waals surface area contributed by atoms with Gasteiger partial charge in [0.05, 0.1) is 37.1 Å². The molecular formula is C37H57N3O7S. The number of nitrogens with zero attached hydrogens (tertiary/aromatic N) is 1. The first kappa shape index (κ1) is 38.2. The number of unbranched alkanes of at least 4 members (excludes halogenated alkanes) is 1. The van der Waals surface area contributed by atoms with Crippen LogP contribution in [0.2, 0.25) is 0 Å². The van der Waals surface area contributed by atoms with Crippen LogP contribution < -0.4 is 10.6 Å². The Labute approximate surface area is 286 Å². The third-order valence-electron chi connectivity index (χ3n) is 10.1. The van der Waals surface area contributed by atoms with Crippen LogP contribution in [0.15, 0.2) is 42.5 Å². The number of ether oxygens (including phenoxy) is 1. The standard InChI is InChI=1S/C37H57N3O7S/c1-3-5-18-32(38-36(43)30(26-48(45,46)4-2)23-29-16-11-15-27-12-9-10-17-31(27)29)37(44)39-33(28-13-7-6-8-14-28)24-34(41)35(42)25-40-19-21-47-22-20-40/h9-12,15-17,28,30,32-35,41-42H,3-8,13-14,18-26H2,1-2H3,(H,38,43)(H,39,44)/t30?,32-,33?,34?,35?/m0/s1. The van der Waals surface area contributed by atoms with Crippen molar-refractivity contribution in [2.24, 2.45) is 11.8 Å². The van der Waals surface area contributed by atoms with E-state index in [9.17, 15) is 28.2 Å². The van der Waals surface area contributed by atoms with Crippen LogP contribution in [0, 0.1) is 11.8 Å².